The standard InChI is InChI=1S/C21H21BClN3O2/c1-26(28-2)20(27)13-17(14-9-11-16(23)12-10-14)22-24-18-7-3-5-15-6-4-8-19(25-22)21(15)18/h3-12,17,24-25H,13H2,1-2H3/t17-/m1/s1. The van der Waals surface area contributed by atoms with E-state index in [4.69, 9.17) is 16.4 Å². The minimum absolute atomic E-state index is 0.0943. The van der Waals surface area contributed by atoms with Crippen LogP contribution in [0.1, 0.15) is 17.8 Å². The summed E-state index contributed by atoms with van der Waals surface area (Å²) < 4.78 is 0. The maximum absolute atomic E-state index is 12.6. The van der Waals surface area contributed by atoms with Gasteiger partial charge in [0.2, 0.25) is 5.91 Å². The summed E-state index contributed by atoms with van der Waals surface area (Å²) in [6.45, 7) is -0.157. The molecule has 3 aromatic carbocycles. The van der Waals surface area contributed by atoms with Gasteiger partial charge in [0.25, 0.3) is 0 Å². The number of hydroxylamine groups is 2. The maximum Gasteiger partial charge on any atom is 0.378 e. The van der Waals surface area contributed by atoms with Gasteiger partial charge in [0, 0.05) is 41.1 Å². The molecule has 0 fully saturated rings. The van der Waals surface area contributed by atoms with E-state index < -0.39 is 0 Å². The minimum atomic E-state index is -0.157. The highest BCUT2D eigenvalue weighted by Gasteiger charge is 2.35. The monoisotopic (exact) mass is 393 g/mol. The number of nitrogens with zero attached hydrogens (tertiary/aromatic N) is 1. The molecule has 0 bridgehead atoms. The first-order chi connectivity index (χ1) is 13.6. The molecular weight excluding hydrogens is 373 g/mol. The van der Waals surface area contributed by atoms with Crippen molar-refractivity contribution in [2.24, 2.45) is 0 Å². The van der Waals surface area contributed by atoms with Gasteiger partial charge in [0.15, 0.2) is 0 Å². The van der Waals surface area contributed by atoms with E-state index in [1.165, 1.54) is 17.6 Å². The number of carbonyl (C=O) groups is 1. The molecule has 28 heavy (non-hydrogen) atoms. The van der Waals surface area contributed by atoms with Gasteiger partial charge in [-0.25, -0.2) is 5.06 Å². The number of carbonyl (C=O) groups excluding carboxylic acids is 1. The van der Waals surface area contributed by atoms with Crippen molar-refractivity contribution in [3.63, 3.8) is 0 Å². The van der Waals surface area contributed by atoms with Gasteiger partial charge >= 0.3 is 6.98 Å². The third-order valence-corrected chi connectivity index (χ3v) is 5.50. The van der Waals surface area contributed by atoms with Gasteiger partial charge in [0.05, 0.1) is 7.11 Å². The molecule has 7 heteroatoms. The second-order valence-corrected chi connectivity index (χ2v) is 7.35. The summed E-state index contributed by atoms with van der Waals surface area (Å²) in [5, 5.41) is 11.4. The lowest BCUT2D eigenvalue weighted by Crippen LogP contribution is -2.45. The Kier molecular flexibility index (Phi) is 5.16. The molecule has 0 saturated carbocycles. The molecule has 0 radical (unpaired) electrons. The summed E-state index contributed by atoms with van der Waals surface area (Å²) in [5.74, 6) is -0.214. The predicted octanol–water partition coefficient (Wildman–Crippen LogP) is 4.55. The number of benzene rings is 3. The smallest absolute Gasteiger partial charge is 0.378 e. The lowest BCUT2D eigenvalue weighted by Gasteiger charge is -2.32. The molecule has 0 unspecified atom stereocenters. The van der Waals surface area contributed by atoms with E-state index in [9.17, 15) is 4.79 Å². The van der Waals surface area contributed by atoms with Crippen molar-refractivity contribution < 1.29 is 9.63 Å². The van der Waals surface area contributed by atoms with Gasteiger partial charge < -0.3 is 10.5 Å². The highest BCUT2D eigenvalue weighted by Crippen LogP contribution is 2.37. The second-order valence-electron chi connectivity index (χ2n) is 6.91. The Morgan fingerprint density at radius 3 is 2.25 bits per heavy atom. The number of hydrogen-bond acceptors (Lipinski definition) is 4. The quantitative estimate of drug-likeness (QED) is 0.493. The third kappa shape index (κ3) is 3.53. The lowest BCUT2D eigenvalue weighted by molar-refractivity contribution is -0.168. The zero-order chi connectivity index (χ0) is 19.7. The molecule has 1 heterocycles. The first-order valence-electron chi connectivity index (χ1n) is 9.18. The molecule has 1 amide bonds. The molecule has 0 spiro atoms. The largest absolute Gasteiger partial charge is 0.408 e. The number of nitrogens with one attached hydrogen (secondary N) is 2. The average molecular weight is 394 g/mol. The van der Waals surface area contributed by atoms with Gasteiger partial charge in [-0.15, -0.1) is 0 Å². The summed E-state index contributed by atoms with van der Waals surface area (Å²) in [5.41, 5.74) is 3.14. The maximum atomic E-state index is 12.6. The van der Waals surface area contributed by atoms with Gasteiger partial charge in [-0.2, -0.15) is 0 Å². The number of amides is 1. The minimum Gasteiger partial charge on any atom is -0.408 e. The fourth-order valence-electron chi connectivity index (χ4n) is 3.71. The number of anilines is 2. The van der Waals surface area contributed by atoms with Crippen LogP contribution < -0.4 is 10.5 Å². The zero-order valence-electron chi connectivity index (χ0n) is 15.8. The van der Waals surface area contributed by atoms with Gasteiger partial charge in [0.1, 0.15) is 0 Å². The van der Waals surface area contributed by atoms with Crippen LogP contribution in [0.5, 0.6) is 0 Å². The highest BCUT2D eigenvalue weighted by atomic mass is 35.5. The second kappa shape index (κ2) is 7.74. The summed E-state index contributed by atoms with van der Waals surface area (Å²) >= 11 is 6.08. The number of halogens is 1. The molecule has 0 saturated heterocycles. The SMILES string of the molecule is CON(C)C(=O)C[C@@H](B1Nc2cccc3cccc(c23)N1)c1ccc(Cl)cc1. The van der Waals surface area contributed by atoms with Crippen molar-refractivity contribution >= 4 is 46.6 Å². The van der Waals surface area contributed by atoms with E-state index in [0.717, 1.165) is 22.3 Å². The molecule has 3 aromatic rings. The summed E-state index contributed by atoms with van der Waals surface area (Å²) in [6.07, 6.45) is 0.286. The molecule has 0 aliphatic carbocycles. The van der Waals surface area contributed by atoms with Crippen LogP contribution in [0.2, 0.25) is 5.02 Å². The molecule has 4 rings (SSSR count). The Balaban J connectivity index is 1.70. The Bertz CT molecular complexity index is 971. The third-order valence-electron chi connectivity index (χ3n) is 5.25. The molecular formula is C21H21BClN3O2. The first kappa shape index (κ1) is 18.7. The fraction of sp³-hybridized carbons (Fsp3) is 0.190. The van der Waals surface area contributed by atoms with Crippen LogP contribution in [0.3, 0.4) is 0 Å². The Morgan fingerprint density at radius 2 is 1.68 bits per heavy atom. The Hall–Kier alpha value is -2.70. The zero-order valence-corrected chi connectivity index (χ0v) is 16.5. The van der Waals surface area contributed by atoms with Crippen LogP contribution in [0, 0.1) is 0 Å². The molecule has 2 N–H and O–H groups in total. The van der Waals surface area contributed by atoms with Crippen molar-refractivity contribution in [3.05, 3.63) is 71.2 Å². The number of hydrogen-bond donors (Lipinski definition) is 2. The van der Waals surface area contributed by atoms with Gasteiger partial charge in [-0.05, 0) is 35.2 Å². The van der Waals surface area contributed by atoms with E-state index in [1.54, 1.807) is 7.05 Å². The summed E-state index contributed by atoms with van der Waals surface area (Å²) in [6, 6.07) is 20.1. The molecule has 1 aliphatic heterocycles. The van der Waals surface area contributed by atoms with Gasteiger partial charge in [-0.3, -0.25) is 9.63 Å². The van der Waals surface area contributed by atoms with E-state index in [1.807, 2.05) is 36.4 Å². The predicted molar refractivity (Wildman–Crippen MR) is 116 cm³/mol. The van der Waals surface area contributed by atoms with Crippen LogP contribution in [-0.2, 0) is 9.63 Å². The molecule has 5 nitrogen and oxygen atoms in total. The molecule has 0 aromatic heterocycles. The van der Waals surface area contributed by atoms with Crippen molar-refractivity contribution in [1.29, 1.82) is 0 Å². The molecule has 1 atom stereocenters. The van der Waals surface area contributed by atoms with Crippen LogP contribution in [-0.4, -0.2) is 32.1 Å². The number of rotatable bonds is 5. The summed E-state index contributed by atoms with van der Waals surface area (Å²) in [7, 11) is 3.11. The van der Waals surface area contributed by atoms with E-state index in [2.05, 4.69) is 34.7 Å². The normalized spacial score (nSPS) is 13.6. The first-order valence-corrected chi connectivity index (χ1v) is 9.55. The lowest BCUT2D eigenvalue weighted by atomic mass is 9.56. The van der Waals surface area contributed by atoms with E-state index in [-0.39, 0.29) is 25.1 Å². The van der Waals surface area contributed by atoms with Crippen molar-refractivity contribution in [1.82, 2.24) is 5.06 Å². The molecule has 142 valence electrons. The van der Waals surface area contributed by atoms with Crippen molar-refractivity contribution in [3.8, 4) is 0 Å². The Morgan fingerprint density at radius 1 is 1.07 bits per heavy atom. The Labute approximate surface area is 169 Å². The van der Waals surface area contributed by atoms with Crippen LogP contribution in [0.4, 0.5) is 11.4 Å². The fourth-order valence-corrected chi connectivity index (χ4v) is 3.84. The van der Waals surface area contributed by atoms with Crippen LogP contribution in [0.25, 0.3) is 10.8 Å². The van der Waals surface area contributed by atoms with Crippen LogP contribution in [0.15, 0.2) is 60.7 Å². The van der Waals surface area contributed by atoms with E-state index >= 15 is 0 Å². The highest BCUT2D eigenvalue weighted by molar-refractivity contribution is 6.69. The topological polar surface area (TPSA) is 53.6 Å². The van der Waals surface area contributed by atoms with Gasteiger partial charge in [-0.1, -0.05) is 48.0 Å². The molecule has 1 aliphatic rings. The van der Waals surface area contributed by atoms with Crippen molar-refractivity contribution in [2.45, 2.75) is 12.2 Å². The summed E-state index contributed by atoms with van der Waals surface area (Å²) in [4.78, 5) is 17.7. The van der Waals surface area contributed by atoms with E-state index in [0.29, 0.717) is 5.02 Å². The van der Waals surface area contributed by atoms with Crippen molar-refractivity contribution in [2.75, 3.05) is 24.6 Å². The van der Waals surface area contributed by atoms with Crippen LogP contribution >= 0.6 is 11.6 Å². The average Bonchev–Trinajstić information content (AvgIpc) is 2.72.